The minimum Gasteiger partial charge on any atom is -0.793 e. The summed E-state index contributed by atoms with van der Waals surface area (Å²) in [5, 5.41) is 0. The number of unbranched alkanes of at least 4 members (excludes halogenated alkanes) is 13. The summed E-state index contributed by atoms with van der Waals surface area (Å²) in [6, 6.07) is 0. The molecular weight excluding hydrogens is 263 g/mol. The van der Waals surface area contributed by atoms with Gasteiger partial charge in [0.05, 0.1) is 0 Å². The monoisotopic (exact) mass is 296 g/mol. The molecule has 0 saturated heterocycles. The van der Waals surface area contributed by atoms with Gasteiger partial charge in [-0.15, -0.1) is 0 Å². The average Bonchev–Trinajstić information content (AvgIpc) is 2.35. The van der Waals surface area contributed by atoms with Gasteiger partial charge < -0.3 is 12.6 Å². The van der Waals surface area contributed by atoms with Gasteiger partial charge in [0.1, 0.15) is 0 Å². The zero-order valence-electron chi connectivity index (χ0n) is 13.0. The van der Waals surface area contributed by atoms with Crippen LogP contribution in [0, 0.1) is 0 Å². The van der Waals surface area contributed by atoms with Crippen molar-refractivity contribution < 1.29 is 51.4 Å². The molecule has 0 atom stereocenters. The summed E-state index contributed by atoms with van der Waals surface area (Å²) in [6.07, 6.45) is 20.0. The van der Waals surface area contributed by atoms with Crippen LogP contribution in [-0.2, 0) is 12.6 Å². The van der Waals surface area contributed by atoms with E-state index in [1.165, 1.54) is 89.9 Å². The fraction of sp³-hybridized carbons (Fsp3) is 1.00. The summed E-state index contributed by atoms with van der Waals surface area (Å²) in [5.74, 6) is 0.956. The quantitative estimate of drug-likeness (QED) is 0.270. The van der Waals surface area contributed by atoms with Crippen LogP contribution in [0.5, 0.6) is 0 Å². The second-order valence-electron chi connectivity index (χ2n) is 5.30. The minimum atomic E-state index is 0. The van der Waals surface area contributed by atoms with Crippen LogP contribution in [0.25, 0.3) is 0 Å². The van der Waals surface area contributed by atoms with E-state index in [4.69, 9.17) is 12.6 Å². The van der Waals surface area contributed by atoms with Crippen molar-refractivity contribution in [1.82, 2.24) is 0 Å². The Hall–Kier alpha value is 1.99. The van der Waals surface area contributed by atoms with E-state index < -0.39 is 0 Å². The molecule has 104 valence electrons. The second-order valence-corrected chi connectivity index (χ2v) is 5.71. The maximum Gasteiger partial charge on any atom is 1.00 e. The van der Waals surface area contributed by atoms with Crippen LogP contribution in [0.1, 0.15) is 96.8 Å². The van der Waals surface area contributed by atoms with E-state index in [0.29, 0.717) is 0 Å². The van der Waals surface area contributed by atoms with Gasteiger partial charge >= 0.3 is 51.4 Å². The summed E-state index contributed by atoms with van der Waals surface area (Å²) >= 11 is 4.94. The third-order valence-corrected chi connectivity index (χ3v) is 3.79. The van der Waals surface area contributed by atoms with E-state index in [9.17, 15) is 0 Å². The van der Waals surface area contributed by atoms with Gasteiger partial charge in [-0.2, -0.15) is 5.75 Å². The topological polar surface area (TPSA) is 0 Å². The van der Waals surface area contributed by atoms with Crippen molar-refractivity contribution in [3.63, 3.8) is 0 Å². The third kappa shape index (κ3) is 20.3. The zero-order chi connectivity index (χ0) is 12.6. The van der Waals surface area contributed by atoms with Crippen LogP contribution in [0.3, 0.4) is 0 Å². The van der Waals surface area contributed by atoms with Crippen molar-refractivity contribution in [3.8, 4) is 0 Å². The smallest absolute Gasteiger partial charge is 0.793 e. The molecule has 0 saturated carbocycles. The number of hydrogen-bond donors (Lipinski definition) is 0. The van der Waals surface area contributed by atoms with E-state index in [-0.39, 0.29) is 51.4 Å². The summed E-state index contributed by atoms with van der Waals surface area (Å²) in [7, 11) is 0. The predicted molar refractivity (Wildman–Crippen MR) is 82.5 cm³/mol. The first-order chi connectivity index (χ1) is 8.41. The molecule has 0 unspecified atom stereocenters. The molecule has 0 spiro atoms. The Morgan fingerprint density at radius 2 is 0.778 bits per heavy atom. The Balaban J connectivity index is 0. The van der Waals surface area contributed by atoms with Crippen molar-refractivity contribution in [2.75, 3.05) is 5.75 Å². The standard InChI is InChI=1S/C16H34S.K/c1-2-3-4-5-6-7-8-9-10-11-12-13-14-15-16-17;/h17H,2-16H2,1H3;/q;+1/p-1. The van der Waals surface area contributed by atoms with E-state index >= 15 is 0 Å². The van der Waals surface area contributed by atoms with Gasteiger partial charge in [0.2, 0.25) is 0 Å². The van der Waals surface area contributed by atoms with Gasteiger partial charge in [-0.1, -0.05) is 96.8 Å². The molecule has 0 fully saturated rings. The third-order valence-electron chi connectivity index (χ3n) is 3.50. The Morgan fingerprint density at radius 3 is 1.06 bits per heavy atom. The van der Waals surface area contributed by atoms with Crippen molar-refractivity contribution in [2.24, 2.45) is 0 Å². The van der Waals surface area contributed by atoms with Gasteiger partial charge in [0.15, 0.2) is 0 Å². The molecule has 0 radical (unpaired) electrons. The van der Waals surface area contributed by atoms with Gasteiger partial charge in [-0.3, -0.25) is 0 Å². The second kappa shape index (κ2) is 21.3. The maximum absolute atomic E-state index is 4.94. The molecular formula is C16H33KS. The van der Waals surface area contributed by atoms with Gasteiger partial charge in [-0.25, -0.2) is 0 Å². The molecule has 0 N–H and O–H groups in total. The van der Waals surface area contributed by atoms with Crippen LogP contribution >= 0.6 is 0 Å². The molecule has 0 nitrogen and oxygen atoms in total. The zero-order valence-corrected chi connectivity index (χ0v) is 17.0. The van der Waals surface area contributed by atoms with Crippen molar-refractivity contribution >= 4 is 12.6 Å². The SMILES string of the molecule is CCCCCCCCCCCCCCCC[S-].[K+]. The predicted octanol–water partition coefficient (Wildman–Crippen LogP) is 3.02. The Morgan fingerprint density at radius 1 is 0.500 bits per heavy atom. The van der Waals surface area contributed by atoms with Gasteiger partial charge in [-0.05, 0) is 0 Å². The normalized spacial score (nSPS) is 10.3. The molecule has 0 aromatic rings. The molecule has 0 aliphatic carbocycles. The molecule has 0 amide bonds. The first kappa shape index (κ1) is 22.3. The molecule has 0 bridgehead atoms. The van der Waals surface area contributed by atoms with Crippen LogP contribution in [0.2, 0.25) is 0 Å². The van der Waals surface area contributed by atoms with E-state index in [1.54, 1.807) is 0 Å². The largest absolute Gasteiger partial charge is 1.00 e. The maximum atomic E-state index is 4.94. The molecule has 0 rings (SSSR count). The minimum absolute atomic E-state index is 0. The van der Waals surface area contributed by atoms with Crippen molar-refractivity contribution in [2.45, 2.75) is 96.8 Å². The molecule has 0 aromatic carbocycles. The van der Waals surface area contributed by atoms with Crippen molar-refractivity contribution in [1.29, 1.82) is 0 Å². The van der Waals surface area contributed by atoms with Gasteiger partial charge in [0, 0.05) is 0 Å². The summed E-state index contributed by atoms with van der Waals surface area (Å²) in [6.45, 7) is 2.29. The molecule has 18 heavy (non-hydrogen) atoms. The summed E-state index contributed by atoms with van der Waals surface area (Å²) in [5.41, 5.74) is 0. The van der Waals surface area contributed by atoms with Crippen LogP contribution in [0.4, 0.5) is 0 Å². The first-order valence-electron chi connectivity index (χ1n) is 8.00. The van der Waals surface area contributed by atoms with Crippen molar-refractivity contribution in [3.05, 3.63) is 0 Å². The first-order valence-corrected chi connectivity index (χ1v) is 8.57. The molecule has 0 aliphatic rings. The summed E-state index contributed by atoms with van der Waals surface area (Å²) < 4.78 is 0. The van der Waals surface area contributed by atoms with Crippen LogP contribution in [0.15, 0.2) is 0 Å². The molecule has 0 aliphatic heterocycles. The van der Waals surface area contributed by atoms with E-state index in [2.05, 4.69) is 6.92 Å². The summed E-state index contributed by atoms with van der Waals surface area (Å²) in [4.78, 5) is 0. The van der Waals surface area contributed by atoms with E-state index in [0.717, 1.165) is 5.75 Å². The Bertz CT molecular complexity index is 114. The fourth-order valence-corrected chi connectivity index (χ4v) is 2.50. The van der Waals surface area contributed by atoms with Gasteiger partial charge in [0.25, 0.3) is 0 Å². The van der Waals surface area contributed by atoms with Crippen LogP contribution in [-0.4, -0.2) is 5.75 Å². The van der Waals surface area contributed by atoms with E-state index in [1.807, 2.05) is 0 Å². The van der Waals surface area contributed by atoms with Crippen LogP contribution < -0.4 is 51.4 Å². The average molecular weight is 297 g/mol. The Labute approximate surface area is 164 Å². The number of rotatable bonds is 14. The molecule has 2 heteroatoms. The fourth-order valence-electron chi connectivity index (χ4n) is 2.30. The Kier molecular flexibility index (Phi) is 26.3. The molecule has 0 aromatic heterocycles. The number of hydrogen-bond acceptors (Lipinski definition) is 1. The molecule has 0 heterocycles.